The highest BCUT2D eigenvalue weighted by Crippen LogP contribution is 2.23. The number of nitrogens with one attached hydrogen (secondary N) is 1. The fourth-order valence-electron chi connectivity index (χ4n) is 3.78. The van der Waals surface area contributed by atoms with Gasteiger partial charge in [0.05, 0.1) is 19.1 Å². The third-order valence-electron chi connectivity index (χ3n) is 5.39. The minimum absolute atomic E-state index is 0. The highest BCUT2D eigenvalue weighted by Gasteiger charge is 2.25. The number of halogens is 2. The van der Waals surface area contributed by atoms with Gasteiger partial charge in [-0.25, -0.2) is 0 Å². The van der Waals surface area contributed by atoms with Crippen molar-refractivity contribution in [2.24, 2.45) is 11.7 Å². The minimum Gasteiger partial charge on any atom is -0.380 e. The van der Waals surface area contributed by atoms with Gasteiger partial charge >= 0.3 is 0 Å². The number of hydrogen-bond donors (Lipinski definition) is 2. The molecule has 27 heavy (non-hydrogen) atoms. The summed E-state index contributed by atoms with van der Waals surface area (Å²) < 4.78 is 5.18. The number of methoxy groups -OCH3 is 1. The first kappa shape index (κ1) is 26.4. The van der Waals surface area contributed by atoms with Crippen LogP contribution in [0.15, 0.2) is 0 Å². The maximum absolute atomic E-state index is 12.3. The Balaban J connectivity index is 0.00000338. The lowest BCUT2D eigenvalue weighted by atomic mass is 9.87. The summed E-state index contributed by atoms with van der Waals surface area (Å²) in [4.78, 5) is 28.5. The van der Waals surface area contributed by atoms with Crippen LogP contribution in [0.25, 0.3) is 0 Å². The predicted octanol–water partition coefficient (Wildman–Crippen LogP) is 1.03. The molecule has 2 aliphatic rings. The van der Waals surface area contributed by atoms with Gasteiger partial charge in [0.25, 0.3) is 0 Å². The third-order valence-corrected chi connectivity index (χ3v) is 5.39. The lowest BCUT2D eigenvalue weighted by molar-refractivity contribution is -0.135. The maximum Gasteiger partial charge on any atom is 0.234 e. The number of carbonyl (C=O) groups excluding carboxylic acids is 2. The Kier molecular flexibility index (Phi) is 13.3. The van der Waals surface area contributed by atoms with Crippen LogP contribution in [0.4, 0.5) is 0 Å². The summed E-state index contributed by atoms with van der Waals surface area (Å²) in [6.07, 6.45) is 4.78. The molecule has 0 aromatic heterocycles. The first-order valence-electron chi connectivity index (χ1n) is 9.54. The molecule has 3 N–H and O–H groups in total. The molecule has 1 heterocycles. The zero-order valence-electron chi connectivity index (χ0n) is 16.5. The second kappa shape index (κ2) is 13.6. The monoisotopic (exact) mass is 426 g/mol. The van der Waals surface area contributed by atoms with E-state index in [0.717, 1.165) is 25.9 Å². The van der Waals surface area contributed by atoms with Crippen LogP contribution in [-0.4, -0.2) is 80.1 Å². The average Bonchev–Trinajstić information content (AvgIpc) is 2.60. The van der Waals surface area contributed by atoms with Crippen molar-refractivity contribution in [2.75, 3.05) is 46.4 Å². The number of nitrogens with two attached hydrogens (primary N) is 1. The Morgan fingerprint density at radius 3 is 2.41 bits per heavy atom. The van der Waals surface area contributed by atoms with Gasteiger partial charge < -0.3 is 20.7 Å². The van der Waals surface area contributed by atoms with Crippen LogP contribution in [0, 0.1) is 5.92 Å². The van der Waals surface area contributed by atoms with E-state index in [2.05, 4.69) is 17.1 Å². The molecule has 7 nitrogen and oxygen atoms in total. The second-order valence-corrected chi connectivity index (χ2v) is 7.49. The normalized spacial score (nSPS) is 24.3. The number of piperazine rings is 1. The van der Waals surface area contributed by atoms with Crippen LogP contribution in [0.1, 0.15) is 39.0 Å². The van der Waals surface area contributed by atoms with Gasteiger partial charge in [0, 0.05) is 45.9 Å². The topological polar surface area (TPSA) is 87.9 Å². The van der Waals surface area contributed by atoms with Crippen LogP contribution in [0.2, 0.25) is 0 Å². The molecule has 2 amide bonds. The van der Waals surface area contributed by atoms with Gasteiger partial charge in [0.15, 0.2) is 0 Å². The standard InChI is InChI=1S/C18H34N4O3.2ClH/c1-14-4-3-5-15(10-14)20-17(23)13-21-6-8-22(9-7-21)18(24)11-16(12-19)25-2;;/h14-16H,3-13,19H2,1-2H3,(H,20,23);2*1H. The van der Waals surface area contributed by atoms with E-state index in [1.165, 1.54) is 12.8 Å². The summed E-state index contributed by atoms with van der Waals surface area (Å²) in [5.41, 5.74) is 5.57. The third kappa shape index (κ3) is 8.96. The van der Waals surface area contributed by atoms with E-state index in [4.69, 9.17) is 10.5 Å². The van der Waals surface area contributed by atoms with Gasteiger partial charge in [-0.05, 0) is 18.8 Å². The number of hydrogen-bond acceptors (Lipinski definition) is 5. The molecule has 160 valence electrons. The predicted molar refractivity (Wildman–Crippen MR) is 112 cm³/mol. The number of nitrogens with zero attached hydrogens (tertiary/aromatic N) is 2. The summed E-state index contributed by atoms with van der Waals surface area (Å²) in [7, 11) is 1.58. The van der Waals surface area contributed by atoms with Gasteiger partial charge in [0.1, 0.15) is 0 Å². The first-order valence-corrected chi connectivity index (χ1v) is 9.54. The fraction of sp³-hybridized carbons (Fsp3) is 0.889. The highest BCUT2D eigenvalue weighted by atomic mass is 35.5. The zero-order chi connectivity index (χ0) is 18.2. The molecule has 3 unspecified atom stereocenters. The lowest BCUT2D eigenvalue weighted by Crippen LogP contribution is -2.52. The maximum atomic E-state index is 12.3. The SMILES string of the molecule is COC(CN)CC(=O)N1CCN(CC(=O)NC2CCCC(C)C2)CC1.Cl.Cl. The number of amides is 2. The largest absolute Gasteiger partial charge is 0.380 e. The molecule has 2 rings (SSSR count). The van der Waals surface area contributed by atoms with Gasteiger partial charge in [0.2, 0.25) is 11.8 Å². The molecule has 1 saturated heterocycles. The molecule has 0 aromatic carbocycles. The lowest BCUT2D eigenvalue weighted by Gasteiger charge is -2.35. The zero-order valence-corrected chi connectivity index (χ0v) is 18.2. The Bertz CT molecular complexity index is 444. The van der Waals surface area contributed by atoms with Crippen molar-refractivity contribution in [3.8, 4) is 0 Å². The fourth-order valence-corrected chi connectivity index (χ4v) is 3.78. The molecule has 9 heteroatoms. The molecule has 1 aliphatic heterocycles. The Hall–Kier alpha value is -0.600. The van der Waals surface area contributed by atoms with Gasteiger partial charge in [-0.1, -0.05) is 19.8 Å². The molecule has 0 radical (unpaired) electrons. The van der Waals surface area contributed by atoms with E-state index in [9.17, 15) is 9.59 Å². The van der Waals surface area contributed by atoms with Crippen LogP contribution in [0.3, 0.4) is 0 Å². The Morgan fingerprint density at radius 1 is 1.19 bits per heavy atom. The van der Waals surface area contributed by atoms with Crippen molar-refractivity contribution in [2.45, 2.75) is 51.2 Å². The molecule has 0 bridgehead atoms. The first-order chi connectivity index (χ1) is 12.0. The quantitative estimate of drug-likeness (QED) is 0.634. The van der Waals surface area contributed by atoms with Crippen LogP contribution >= 0.6 is 24.8 Å². The van der Waals surface area contributed by atoms with Crippen molar-refractivity contribution < 1.29 is 14.3 Å². The summed E-state index contributed by atoms with van der Waals surface area (Å²) in [6.45, 7) is 5.83. The van der Waals surface area contributed by atoms with Gasteiger partial charge in [-0.15, -0.1) is 24.8 Å². The van der Waals surface area contributed by atoms with E-state index in [-0.39, 0.29) is 42.7 Å². The summed E-state index contributed by atoms with van der Waals surface area (Å²) in [5, 5.41) is 3.18. The van der Waals surface area contributed by atoms with Crippen molar-refractivity contribution in [3.63, 3.8) is 0 Å². The van der Waals surface area contributed by atoms with Crippen LogP contribution in [-0.2, 0) is 14.3 Å². The van der Waals surface area contributed by atoms with Gasteiger partial charge in [-0.3, -0.25) is 14.5 Å². The van der Waals surface area contributed by atoms with Crippen molar-refractivity contribution >= 4 is 36.6 Å². The van der Waals surface area contributed by atoms with Crippen molar-refractivity contribution in [3.05, 3.63) is 0 Å². The molecule has 0 spiro atoms. The molecule has 3 atom stereocenters. The summed E-state index contributed by atoms with van der Waals surface area (Å²) in [6, 6.07) is 0.335. The molecule has 0 aromatic rings. The molecule has 1 aliphatic carbocycles. The van der Waals surface area contributed by atoms with E-state index in [1.54, 1.807) is 7.11 Å². The molecule has 2 fully saturated rings. The Morgan fingerprint density at radius 2 is 1.85 bits per heavy atom. The number of rotatable bonds is 7. The van der Waals surface area contributed by atoms with Crippen molar-refractivity contribution in [1.29, 1.82) is 0 Å². The second-order valence-electron chi connectivity index (χ2n) is 7.49. The number of carbonyl (C=O) groups is 2. The van der Waals surface area contributed by atoms with Crippen LogP contribution < -0.4 is 11.1 Å². The van der Waals surface area contributed by atoms with E-state index in [1.807, 2.05) is 4.90 Å². The smallest absolute Gasteiger partial charge is 0.234 e. The van der Waals surface area contributed by atoms with Crippen LogP contribution in [0.5, 0.6) is 0 Å². The molecular weight excluding hydrogens is 391 g/mol. The minimum atomic E-state index is -0.214. The van der Waals surface area contributed by atoms with E-state index >= 15 is 0 Å². The number of ether oxygens (including phenoxy) is 1. The average molecular weight is 427 g/mol. The van der Waals surface area contributed by atoms with Crippen molar-refractivity contribution in [1.82, 2.24) is 15.1 Å². The van der Waals surface area contributed by atoms with Gasteiger partial charge in [-0.2, -0.15) is 0 Å². The Labute approximate surface area is 175 Å². The van der Waals surface area contributed by atoms with E-state index in [0.29, 0.717) is 44.6 Å². The van der Waals surface area contributed by atoms with E-state index < -0.39 is 0 Å². The highest BCUT2D eigenvalue weighted by molar-refractivity contribution is 5.85. The summed E-state index contributed by atoms with van der Waals surface area (Å²) in [5.74, 6) is 0.900. The molecule has 1 saturated carbocycles. The molecular formula is C18H36Cl2N4O3. The summed E-state index contributed by atoms with van der Waals surface area (Å²) >= 11 is 0.